The summed E-state index contributed by atoms with van der Waals surface area (Å²) in [5.41, 5.74) is 3.18. The quantitative estimate of drug-likeness (QED) is 0.695. The summed E-state index contributed by atoms with van der Waals surface area (Å²) in [6.07, 6.45) is 0.811. The highest BCUT2D eigenvalue weighted by molar-refractivity contribution is 9.10. The van der Waals surface area contributed by atoms with Gasteiger partial charge in [-0.05, 0) is 36.8 Å². The number of hydrogen-bond acceptors (Lipinski definition) is 3. The lowest BCUT2D eigenvalue weighted by molar-refractivity contribution is 0.0505. The van der Waals surface area contributed by atoms with Crippen molar-refractivity contribution >= 4 is 32.9 Å². The molecule has 1 heterocycles. The Balaban J connectivity index is 1.93. The predicted octanol–water partition coefficient (Wildman–Crippen LogP) is 4.56. The van der Waals surface area contributed by atoms with E-state index in [4.69, 9.17) is 4.74 Å². The van der Waals surface area contributed by atoms with E-state index in [1.54, 1.807) is 12.1 Å². The van der Waals surface area contributed by atoms with Crippen molar-refractivity contribution in [3.05, 3.63) is 52.5 Å². The number of hydrogen-bond donors (Lipinski definition) is 1. The van der Waals surface area contributed by atoms with Gasteiger partial charge in [-0.15, -0.1) is 0 Å². The number of benzene rings is 2. The van der Waals surface area contributed by atoms with E-state index in [2.05, 4.69) is 25.9 Å². The molecule has 0 unspecified atom stereocenters. The first-order valence-electron chi connectivity index (χ1n) is 7.10. The lowest BCUT2D eigenvalue weighted by atomic mass is 10.2. The van der Waals surface area contributed by atoms with Crippen molar-refractivity contribution in [3.63, 3.8) is 0 Å². The van der Waals surface area contributed by atoms with E-state index in [1.807, 2.05) is 37.3 Å². The highest BCUT2D eigenvalue weighted by atomic mass is 79.9. The second-order valence-corrected chi connectivity index (χ2v) is 5.88. The molecule has 0 spiro atoms. The van der Waals surface area contributed by atoms with Gasteiger partial charge in [0.05, 0.1) is 23.2 Å². The maximum Gasteiger partial charge on any atom is 0.338 e. The van der Waals surface area contributed by atoms with E-state index in [9.17, 15) is 4.79 Å². The van der Waals surface area contributed by atoms with Crippen LogP contribution in [0.5, 0.6) is 0 Å². The van der Waals surface area contributed by atoms with Crippen molar-refractivity contribution in [2.75, 3.05) is 6.61 Å². The van der Waals surface area contributed by atoms with Gasteiger partial charge in [-0.25, -0.2) is 9.78 Å². The van der Waals surface area contributed by atoms with Crippen LogP contribution in [0.4, 0.5) is 0 Å². The van der Waals surface area contributed by atoms with E-state index < -0.39 is 0 Å². The van der Waals surface area contributed by atoms with Gasteiger partial charge >= 0.3 is 5.97 Å². The molecule has 1 N–H and O–H groups in total. The number of ether oxygens (including phenoxy) is 1. The Bertz CT molecular complexity index is 809. The van der Waals surface area contributed by atoms with E-state index in [0.717, 1.165) is 33.3 Å². The summed E-state index contributed by atoms with van der Waals surface area (Å²) < 4.78 is 6.17. The Labute approximate surface area is 136 Å². The van der Waals surface area contributed by atoms with Crippen molar-refractivity contribution in [2.24, 2.45) is 0 Å². The first kappa shape index (κ1) is 14.8. The Morgan fingerprint density at radius 1 is 1.23 bits per heavy atom. The van der Waals surface area contributed by atoms with E-state index in [1.165, 1.54) is 0 Å². The molecule has 2 aromatic carbocycles. The van der Waals surface area contributed by atoms with Gasteiger partial charge in [0.15, 0.2) is 0 Å². The van der Waals surface area contributed by atoms with Crippen molar-refractivity contribution in [3.8, 4) is 11.4 Å². The summed E-state index contributed by atoms with van der Waals surface area (Å²) in [7, 11) is 0. The number of aromatic nitrogens is 2. The first-order chi connectivity index (χ1) is 10.7. The SMILES string of the molecule is CCCOC(=O)c1ccc2nc(-c3ccc(Br)cc3)[nH]c2c1. The zero-order chi connectivity index (χ0) is 15.5. The van der Waals surface area contributed by atoms with Crippen molar-refractivity contribution in [2.45, 2.75) is 13.3 Å². The minimum atomic E-state index is -0.302. The van der Waals surface area contributed by atoms with Crippen LogP contribution in [0.2, 0.25) is 0 Å². The molecule has 0 aliphatic carbocycles. The predicted molar refractivity (Wildman–Crippen MR) is 89.8 cm³/mol. The maximum absolute atomic E-state index is 11.9. The molecule has 3 aromatic rings. The largest absolute Gasteiger partial charge is 0.462 e. The summed E-state index contributed by atoms with van der Waals surface area (Å²) in [4.78, 5) is 19.7. The number of carbonyl (C=O) groups is 1. The molecule has 22 heavy (non-hydrogen) atoms. The minimum absolute atomic E-state index is 0.302. The Morgan fingerprint density at radius 3 is 2.73 bits per heavy atom. The molecule has 0 atom stereocenters. The molecule has 0 saturated heterocycles. The Kier molecular flexibility index (Phi) is 4.24. The van der Waals surface area contributed by atoms with Gasteiger partial charge < -0.3 is 9.72 Å². The second kappa shape index (κ2) is 6.32. The molecule has 0 bridgehead atoms. The number of carbonyl (C=O) groups excluding carboxylic acids is 1. The zero-order valence-electron chi connectivity index (χ0n) is 12.1. The number of imidazole rings is 1. The number of nitrogens with one attached hydrogen (secondary N) is 1. The number of H-pyrrole nitrogens is 1. The Hall–Kier alpha value is -2.14. The molecule has 3 rings (SSSR count). The third-order valence-electron chi connectivity index (χ3n) is 3.27. The third-order valence-corrected chi connectivity index (χ3v) is 3.80. The maximum atomic E-state index is 11.9. The highest BCUT2D eigenvalue weighted by Gasteiger charge is 2.10. The summed E-state index contributed by atoms with van der Waals surface area (Å²) in [6.45, 7) is 2.40. The molecule has 0 aliphatic rings. The molecule has 112 valence electrons. The van der Waals surface area contributed by atoms with Crippen LogP contribution in [-0.2, 0) is 4.74 Å². The fourth-order valence-corrected chi connectivity index (χ4v) is 2.42. The van der Waals surface area contributed by atoms with Crippen LogP contribution in [0.15, 0.2) is 46.9 Å². The molecule has 4 nitrogen and oxygen atoms in total. The number of aromatic amines is 1. The van der Waals surface area contributed by atoms with E-state index >= 15 is 0 Å². The van der Waals surface area contributed by atoms with Gasteiger partial charge in [0, 0.05) is 10.0 Å². The third kappa shape index (κ3) is 3.04. The van der Waals surface area contributed by atoms with Crippen LogP contribution >= 0.6 is 15.9 Å². The van der Waals surface area contributed by atoms with Gasteiger partial charge in [-0.3, -0.25) is 0 Å². The van der Waals surface area contributed by atoms with Crippen LogP contribution in [-0.4, -0.2) is 22.5 Å². The molecular weight excluding hydrogens is 344 g/mol. The Morgan fingerprint density at radius 2 is 2.00 bits per heavy atom. The molecule has 0 radical (unpaired) electrons. The number of halogens is 1. The van der Waals surface area contributed by atoms with Crippen LogP contribution in [0.1, 0.15) is 23.7 Å². The van der Waals surface area contributed by atoms with Gasteiger partial charge in [0.2, 0.25) is 0 Å². The van der Waals surface area contributed by atoms with Crippen LogP contribution < -0.4 is 0 Å². The standard InChI is InChI=1S/C17H15BrN2O2/c1-2-9-22-17(21)12-5-8-14-15(10-12)20-16(19-14)11-3-6-13(18)7-4-11/h3-8,10H,2,9H2,1H3,(H,19,20). The summed E-state index contributed by atoms with van der Waals surface area (Å²) in [5.74, 6) is 0.477. The van der Waals surface area contributed by atoms with Gasteiger partial charge in [0.1, 0.15) is 5.82 Å². The number of esters is 1. The van der Waals surface area contributed by atoms with E-state index in [0.29, 0.717) is 12.2 Å². The van der Waals surface area contributed by atoms with Gasteiger partial charge in [0.25, 0.3) is 0 Å². The monoisotopic (exact) mass is 358 g/mol. The van der Waals surface area contributed by atoms with Gasteiger partial charge in [-0.2, -0.15) is 0 Å². The second-order valence-electron chi connectivity index (χ2n) is 4.96. The van der Waals surface area contributed by atoms with Crippen molar-refractivity contribution < 1.29 is 9.53 Å². The fourth-order valence-electron chi connectivity index (χ4n) is 2.16. The highest BCUT2D eigenvalue weighted by Crippen LogP contribution is 2.23. The number of nitrogens with zero attached hydrogens (tertiary/aromatic N) is 1. The summed E-state index contributed by atoms with van der Waals surface area (Å²) >= 11 is 3.42. The lowest BCUT2D eigenvalue weighted by Gasteiger charge is -2.02. The number of rotatable bonds is 4. The zero-order valence-corrected chi connectivity index (χ0v) is 13.7. The van der Waals surface area contributed by atoms with Crippen molar-refractivity contribution in [1.82, 2.24) is 9.97 Å². The van der Waals surface area contributed by atoms with Gasteiger partial charge in [-0.1, -0.05) is 35.0 Å². The van der Waals surface area contributed by atoms with Crippen LogP contribution in [0.25, 0.3) is 22.4 Å². The van der Waals surface area contributed by atoms with Crippen molar-refractivity contribution in [1.29, 1.82) is 0 Å². The van der Waals surface area contributed by atoms with E-state index in [-0.39, 0.29) is 5.97 Å². The molecule has 1 aromatic heterocycles. The number of fused-ring (bicyclic) bond motifs is 1. The lowest BCUT2D eigenvalue weighted by Crippen LogP contribution is -2.05. The average molecular weight is 359 g/mol. The molecular formula is C17H15BrN2O2. The van der Waals surface area contributed by atoms with Crippen LogP contribution in [0.3, 0.4) is 0 Å². The molecule has 5 heteroatoms. The smallest absolute Gasteiger partial charge is 0.338 e. The summed E-state index contributed by atoms with van der Waals surface area (Å²) in [6, 6.07) is 13.3. The average Bonchev–Trinajstić information content (AvgIpc) is 2.96. The van der Waals surface area contributed by atoms with Crippen LogP contribution in [0, 0.1) is 0 Å². The topological polar surface area (TPSA) is 55.0 Å². The molecule has 0 aliphatic heterocycles. The minimum Gasteiger partial charge on any atom is -0.462 e. The molecule has 0 amide bonds. The first-order valence-corrected chi connectivity index (χ1v) is 7.89. The normalized spacial score (nSPS) is 10.8. The molecule has 0 saturated carbocycles. The molecule has 0 fully saturated rings. The fraction of sp³-hybridized carbons (Fsp3) is 0.176. The summed E-state index contributed by atoms with van der Waals surface area (Å²) in [5, 5.41) is 0.